The monoisotopic (exact) mass is 346 g/mol. The van der Waals surface area contributed by atoms with Crippen LogP contribution in [0.5, 0.6) is 0 Å². The molecule has 0 spiro atoms. The molecule has 3 rings (SSSR count). The Morgan fingerprint density at radius 1 is 1.17 bits per heavy atom. The van der Waals surface area contributed by atoms with E-state index in [2.05, 4.69) is 10.4 Å². The Morgan fingerprint density at radius 3 is 2.50 bits per heavy atom. The van der Waals surface area contributed by atoms with E-state index < -0.39 is 10.8 Å². The highest BCUT2D eigenvalue weighted by Gasteiger charge is 2.20. The van der Waals surface area contributed by atoms with E-state index in [0.29, 0.717) is 30.2 Å². The molecule has 0 unspecified atom stereocenters. The van der Waals surface area contributed by atoms with Gasteiger partial charge in [0.1, 0.15) is 0 Å². The lowest BCUT2D eigenvalue weighted by Gasteiger charge is -2.26. The summed E-state index contributed by atoms with van der Waals surface area (Å²) in [5.41, 5.74) is 1.34. The molecule has 1 aromatic carbocycles. The van der Waals surface area contributed by atoms with Gasteiger partial charge < -0.3 is 10.2 Å². The van der Waals surface area contributed by atoms with Crippen LogP contribution in [0.25, 0.3) is 5.69 Å². The van der Waals surface area contributed by atoms with Crippen molar-refractivity contribution >= 4 is 22.6 Å². The molecule has 24 heavy (non-hydrogen) atoms. The normalized spacial score (nSPS) is 15.2. The lowest BCUT2D eigenvalue weighted by Crippen LogP contribution is -2.46. The lowest BCUT2D eigenvalue weighted by atomic mass is 10.2. The highest BCUT2D eigenvalue weighted by Crippen LogP contribution is 2.08. The molecule has 1 N–H and O–H groups in total. The Hall–Kier alpha value is -2.48. The van der Waals surface area contributed by atoms with Crippen molar-refractivity contribution in [1.82, 2.24) is 20.0 Å². The summed E-state index contributed by atoms with van der Waals surface area (Å²) in [6.45, 7) is 0.923. The van der Waals surface area contributed by atoms with Crippen molar-refractivity contribution in [2.45, 2.75) is 0 Å². The van der Waals surface area contributed by atoms with Crippen LogP contribution in [0, 0.1) is 0 Å². The molecule has 2 heterocycles. The number of rotatable bonds is 4. The van der Waals surface area contributed by atoms with Crippen LogP contribution in [0.2, 0.25) is 0 Å². The molecule has 1 aromatic heterocycles. The number of hydrogen-bond acceptors (Lipinski definition) is 4. The molecule has 1 aliphatic rings. The van der Waals surface area contributed by atoms with Crippen LogP contribution >= 0.6 is 0 Å². The van der Waals surface area contributed by atoms with Gasteiger partial charge in [-0.1, -0.05) is 0 Å². The molecule has 0 radical (unpaired) electrons. The number of nitrogens with one attached hydrogen (secondary N) is 1. The third-order valence-electron chi connectivity index (χ3n) is 3.83. The summed E-state index contributed by atoms with van der Waals surface area (Å²) in [6.07, 6.45) is 3.50. The van der Waals surface area contributed by atoms with Crippen LogP contribution in [0.15, 0.2) is 42.7 Å². The summed E-state index contributed by atoms with van der Waals surface area (Å²) in [5, 5.41) is 6.75. The number of carbonyl (C=O) groups excluding carboxylic acids is 2. The van der Waals surface area contributed by atoms with Gasteiger partial charge >= 0.3 is 0 Å². The molecule has 7 nitrogen and oxygen atoms in total. The van der Waals surface area contributed by atoms with E-state index in [0.717, 1.165) is 5.69 Å². The number of hydrogen-bond donors (Lipinski definition) is 1. The van der Waals surface area contributed by atoms with Gasteiger partial charge in [-0.25, -0.2) is 4.68 Å². The van der Waals surface area contributed by atoms with Crippen LogP contribution in [0.3, 0.4) is 0 Å². The van der Waals surface area contributed by atoms with Crippen molar-refractivity contribution < 1.29 is 13.8 Å². The summed E-state index contributed by atoms with van der Waals surface area (Å²) < 4.78 is 13.0. The van der Waals surface area contributed by atoms with Gasteiger partial charge in [0.15, 0.2) is 0 Å². The van der Waals surface area contributed by atoms with Gasteiger partial charge in [0.05, 0.1) is 12.2 Å². The van der Waals surface area contributed by atoms with Crippen molar-refractivity contribution in [2.75, 3.05) is 31.1 Å². The first kappa shape index (κ1) is 16.4. The molecule has 1 saturated heterocycles. The molecular formula is C16H18N4O3S. The zero-order valence-electron chi connectivity index (χ0n) is 13.1. The topological polar surface area (TPSA) is 84.3 Å². The maximum absolute atomic E-state index is 12.1. The number of benzene rings is 1. The van der Waals surface area contributed by atoms with Gasteiger partial charge in [-0.15, -0.1) is 0 Å². The smallest absolute Gasteiger partial charge is 0.251 e. The zero-order valence-corrected chi connectivity index (χ0v) is 13.9. The SMILES string of the molecule is O=C(NCC(=O)N1CCS(=O)CC1)c1ccc(-n2cccn2)cc1. The molecule has 0 atom stereocenters. The maximum atomic E-state index is 12.1. The average molecular weight is 346 g/mol. The van der Waals surface area contributed by atoms with Crippen molar-refractivity contribution in [3.8, 4) is 5.69 Å². The molecule has 8 heteroatoms. The van der Waals surface area contributed by atoms with E-state index in [-0.39, 0.29) is 18.4 Å². The van der Waals surface area contributed by atoms with E-state index in [1.807, 2.05) is 12.3 Å². The minimum Gasteiger partial charge on any atom is -0.343 e. The number of carbonyl (C=O) groups is 2. The molecule has 0 saturated carbocycles. The van der Waals surface area contributed by atoms with Crippen LogP contribution in [0.4, 0.5) is 0 Å². The number of nitrogens with zero attached hydrogens (tertiary/aromatic N) is 3. The summed E-state index contributed by atoms with van der Waals surface area (Å²) in [4.78, 5) is 25.8. The number of amides is 2. The maximum Gasteiger partial charge on any atom is 0.251 e. The molecule has 126 valence electrons. The van der Waals surface area contributed by atoms with Crippen molar-refractivity contribution in [3.05, 3.63) is 48.3 Å². The van der Waals surface area contributed by atoms with Crippen LogP contribution in [0.1, 0.15) is 10.4 Å². The standard InChI is InChI=1S/C16H18N4O3S/c21-15(19-8-10-24(23)11-9-19)12-17-16(22)13-2-4-14(5-3-13)20-7-1-6-18-20/h1-7H,8-12H2,(H,17,22). The van der Waals surface area contributed by atoms with Gasteiger partial charge in [0.25, 0.3) is 5.91 Å². The predicted octanol–water partition coefficient (Wildman–Crippen LogP) is 0.193. The van der Waals surface area contributed by atoms with Crippen LogP contribution in [-0.4, -0.2) is 61.8 Å². The van der Waals surface area contributed by atoms with Crippen molar-refractivity contribution in [3.63, 3.8) is 0 Å². The second-order valence-corrected chi connectivity index (χ2v) is 7.11. The first-order valence-corrected chi connectivity index (χ1v) is 9.13. The summed E-state index contributed by atoms with van der Waals surface area (Å²) in [6, 6.07) is 8.80. The van der Waals surface area contributed by atoms with Gasteiger partial charge in [-0.2, -0.15) is 5.10 Å². The van der Waals surface area contributed by atoms with E-state index >= 15 is 0 Å². The highest BCUT2D eigenvalue weighted by molar-refractivity contribution is 7.85. The van der Waals surface area contributed by atoms with E-state index in [1.165, 1.54) is 0 Å². The predicted molar refractivity (Wildman–Crippen MR) is 90.4 cm³/mol. The minimum atomic E-state index is -0.823. The first-order chi connectivity index (χ1) is 11.6. The van der Waals surface area contributed by atoms with E-state index in [4.69, 9.17) is 0 Å². The van der Waals surface area contributed by atoms with Crippen LogP contribution in [-0.2, 0) is 15.6 Å². The van der Waals surface area contributed by atoms with Gasteiger partial charge in [0, 0.05) is 53.4 Å². The fraction of sp³-hybridized carbons (Fsp3) is 0.312. The summed E-state index contributed by atoms with van der Waals surface area (Å²) in [7, 11) is -0.823. The quantitative estimate of drug-likeness (QED) is 0.857. The third-order valence-corrected chi connectivity index (χ3v) is 5.10. The number of aromatic nitrogens is 2. The van der Waals surface area contributed by atoms with Crippen molar-refractivity contribution in [2.24, 2.45) is 0 Å². The Balaban J connectivity index is 1.53. The summed E-state index contributed by atoms with van der Waals surface area (Å²) in [5.74, 6) is 0.576. The molecule has 1 aliphatic heterocycles. The Labute approximate surface area is 142 Å². The van der Waals surface area contributed by atoms with Gasteiger partial charge in [-0.3, -0.25) is 13.8 Å². The molecule has 2 amide bonds. The molecule has 0 bridgehead atoms. The van der Waals surface area contributed by atoms with Gasteiger partial charge in [-0.05, 0) is 30.3 Å². The minimum absolute atomic E-state index is 0.0492. The summed E-state index contributed by atoms with van der Waals surface area (Å²) >= 11 is 0. The molecule has 2 aromatic rings. The van der Waals surface area contributed by atoms with E-state index in [1.54, 1.807) is 40.0 Å². The van der Waals surface area contributed by atoms with E-state index in [9.17, 15) is 13.8 Å². The Bertz CT molecular complexity index is 733. The molecular weight excluding hydrogens is 328 g/mol. The lowest BCUT2D eigenvalue weighted by molar-refractivity contribution is -0.129. The average Bonchev–Trinajstić information content (AvgIpc) is 3.15. The largest absolute Gasteiger partial charge is 0.343 e. The Kier molecular flexibility index (Phi) is 5.05. The second kappa shape index (κ2) is 7.39. The van der Waals surface area contributed by atoms with Crippen molar-refractivity contribution in [1.29, 1.82) is 0 Å². The zero-order chi connectivity index (χ0) is 16.9. The van der Waals surface area contributed by atoms with Gasteiger partial charge in [0.2, 0.25) is 5.91 Å². The van der Waals surface area contributed by atoms with Crippen LogP contribution < -0.4 is 5.32 Å². The second-order valence-electron chi connectivity index (χ2n) is 5.41. The highest BCUT2D eigenvalue weighted by atomic mass is 32.2. The molecule has 0 aliphatic carbocycles. The Morgan fingerprint density at radius 2 is 1.88 bits per heavy atom. The fourth-order valence-electron chi connectivity index (χ4n) is 2.44. The molecule has 1 fully saturated rings. The first-order valence-electron chi connectivity index (χ1n) is 7.64. The fourth-order valence-corrected chi connectivity index (χ4v) is 3.50. The third kappa shape index (κ3) is 3.88.